The van der Waals surface area contributed by atoms with Crippen molar-refractivity contribution < 1.29 is 48.0 Å². The van der Waals surface area contributed by atoms with Gasteiger partial charge in [-0.15, -0.1) is 0 Å². The molecule has 1 aliphatic carbocycles. The molecule has 0 amide bonds. The molecular weight excluding hydrogens is 293 g/mol. The molecule has 3 nitrogen and oxygen atoms in total. The number of phenols is 2. The van der Waals surface area contributed by atoms with Gasteiger partial charge in [-0.1, -0.05) is 6.08 Å². The molecule has 17 heavy (non-hydrogen) atoms. The third kappa shape index (κ3) is 3.54. The van der Waals surface area contributed by atoms with Gasteiger partial charge in [0.1, 0.15) is 11.5 Å². The zero-order valence-corrected chi connectivity index (χ0v) is 12.5. The van der Waals surface area contributed by atoms with Crippen LogP contribution in [-0.2, 0) is 32.7 Å². The average molecular weight is 309 g/mol. The Hall–Kier alpha value is -0.376. The van der Waals surface area contributed by atoms with Crippen LogP contribution in [-0.4, -0.2) is 21.9 Å². The van der Waals surface area contributed by atoms with Crippen LogP contribution in [0, 0.1) is 5.92 Å². The van der Waals surface area contributed by atoms with Gasteiger partial charge in [0.15, 0.2) is 0 Å². The maximum Gasteiger partial charge on any atom is 0.126 e. The second-order valence-corrected chi connectivity index (χ2v) is 4.23. The first-order chi connectivity index (χ1) is 7.70. The van der Waals surface area contributed by atoms with Crippen LogP contribution in [0.1, 0.15) is 24.8 Å². The zero-order chi connectivity index (χ0) is 11.5. The van der Waals surface area contributed by atoms with Crippen molar-refractivity contribution in [2.45, 2.75) is 19.3 Å². The monoisotopic (exact) mass is 309 g/mol. The predicted octanol–water partition coefficient (Wildman–Crippen LogP) is 2.27. The Morgan fingerprint density at radius 1 is 1.24 bits per heavy atom. The van der Waals surface area contributed by atoms with Gasteiger partial charge < -0.3 is 15.3 Å². The fraction of sp³-hybridized carbons (Fsp3) is 0.385. The van der Waals surface area contributed by atoms with E-state index in [2.05, 4.69) is 0 Å². The van der Waals surface area contributed by atoms with Gasteiger partial charge in [0.05, 0.1) is 0 Å². The van der Waals surface area contributed by atoms with Crippen molar-refractivity contribution in [3.05, 3.63) is 29.8 Å². The molecule has 0 saturated heterocycles. The standard InChI is InChI=1S/C13H16O3.Y/c14-8-9-2-1-3-10(6-9)12-5-4-11(15)7-13(12)16;/h4-7,9,14-16H,1-3,8H2;. The zero-order valence-electron chi connectivity index (χ0n) is 9.63. The largest absolute Gasteiger partial charge is 0.508 e. The Kier molecular flexibility index (Phi) is 5.64. The van der Waals surface area contributed by atoms with Crippen LogP contribution in [0.15, 0.2) is 24.3 Å². The molecule has 0 spiro atoms. The SMILES string of the molecule is OCC1C=C(c2ccc(O)cc2O)CCC1.[Y]. The fourth-order valence-electron chi connectivity index (χ4n) is 2.17. The summed E-state index contributed by atoms with van der Waals surface area (Å²) >= 11 is 0. The molecule has 0 aromatic heterocycles. The van der Waals surface area contributed by atoms with Gasteiger partial charge in [0.25, 0.3) is 0 Å². The number of aromatic hydroxyl groups is 2. The minimum absolute atomic E-state index is 0. The summed E-state index contributed by atoms with van der Waals surface area (Å²) < 4.78 is 0. The second-order valence-electron chi connectivity index (χ2n) is 4.23. The second kappa shape index (κ2) is 6.53. The van der Waals surface area contributed by atoms with Gasteiger partial charge >= 0.3 is 0 Å². The molecule has 0 aliphatic heterocycles. The van der Waals surface area contributed by atoms with E-state index in [9.17, 15) is 10.2 Å². The molecule has 0 fully saturated rings. The number of aliphatic hydroxyl groups is 1. The molecular formula is C13H16O3Y. The summed E-state index contributed by atoms with van der Waals surface area (Å²) in [6, 6.07) is 4.63. The summed E-state index contributed by atoms with van der Waals surface area (Å²) in [7, 11) is 0. The molecule has 1 aromatic rings. The quantitative estimate of drug-likeness (QED) is 0.785. The molecule has 1 unspecified atom stereocenters. The van der Waals surface area contributed by atoms with Crippen molar-refractivity contribution in [1.29, 1.82) is 0 Å². The van der Waals surface area contributed by atoms with Crippen molar-refractivity contribution in [3.8, 4) is 11.5 Å². The van der Waals surface area contributed by atoms with E-state index in [0.29, 0.717) is 0 Å². The van der Waals surface area contributed by atoms with Crippen LogP contribution in [0.5, 0.6) is 11.5 Å². The molecule has 2 rings (SSSR count). The number of hydrogen-bond acceptors (Lipinski definition) is 3. The van der Waals surface area contributed by atoms with Gasteiger partial charge in [-0.2, -0.15) is 0 Å². The molecule has 1 radical (unpaired) electrons. The molecule has 89 valence electrons. The Morgan fingerprint density at radius 2 is 2.00 bits per heavy atom. The molecule has 1 aliphatic rings. The first-order valence-electron chi connectivity index (χ1n) is 5.54. The van der Waals surface area contributed by atoms with Crippen molar-refractivity contribution in [1.82, 2.24) is 0 Å². The van der Waals surface area contributed by atoms with E-state index in [-0.39, 0.29) is 56.7 Å². The summed E-state index contributed by atoms with van der Waals surface area (Å²) in [4.78, 5) is 0. The Morgan fingerprint density at radius 3 is 2.65 bits per heavy atom. The predicted molar refractivity (Wildman–Crippen MR) is 62.2 cm³/mol. The Balaban J connectivity index is 0.00000144. The maximum atomic E-state index is 9.74. The number of aliphatic hydroxyl groups excluding tert-OH is 1. The van der Waals surface area contributed by atoms with Gasteiger partial charge in [0.2, 0.25) is 0 Å². The van der Waals surface area contributed by atoms with Crippen LogP contribution in [0.25, 0.3) is 5.57 Å². The van der Waals surface area contributed by atoms with E-state index in [1.54, 1.807) is 12.1 Å². The average Bonchev–Trinajstić information content (AvgIpc) is 2.29. The topological polar surface area (TPSA) is 60.7 Å². The summed E-state index contributed by atoms with van der Waals surface area (Å²) in [5, 5.41) is 28.1. The molecule has 0 saturated carbocycles. The summed E-state index contributed by atoms with van der Waals surface area (Å²) in [6.07, 6.45) is 4.96. The first kappa shape index (κ1) is 14.7. The minimum Gasteiger partial charge on any atom is -0.508 e. The molecule has 0 bridgehead atoms. The van der Waals surface area contributed by atoms with E-state index in [1.165, 1.54) is 6.07 Å². The minimum atomic E-state index is 0. The van der Waals surface area contributed by atoms with Crippen LogP contribution in [0.3, 0.4) is 0 Å². The number of allylic oxidation sites excluding steroid dienone is 1. The first-order valence-corrected chi connectivity index (χ1v) is 5.54. The van der Waals surface area contributed by atoms with Crippen LogP contribution >= 0.6 is 0 Å². The van der Waals surface area contributed by atoms with Crippen LogP contribution in [0.4, 0.5) is 0 Å². The van der Waals surface area contributed by atoms with E-state index >= 15 is 0 Å². The van der Waals surface area contributed by atoms with Crippen LogP contribution in [0.2, 0.25) is 0 Å². The molecule has 0 heterocycles. The van der Waals surface area contributed by atoms with E-state index in [1.807, 2.05) is 6.08 Å². The Bertz CT molecular complexity index is 415. The molecule has 4 heteroatoms. The third-order valence-electron chi connectivity index (χ3n) is 3.02. The van der Waals surface area contributed by atoms with Gasteiger partial charge in [0, 0.05) is 56.9 Å². The van der Waals surface area contributed by atoms with E-state index in [0.717, 1.165) is 30.4 Å². The number of benzene rings is 1. The fourth-order valence-corrected chi connectivity index (χ4v) is 2.17. The van der Waals surface area contributed by atoms with Crippen molar-refractivity contribution in [2.75, 3.05) is 6.61 Å². The number of phenolic OH excluding ortho intramolecular Hbond substituents is 2. The Labute approximate surface area is 126 Å². The summed E-state index contributed by atoms with van der Waals surface area (Å²) in [6.45, 7) is 0.155. The third-order valence-corrected chi connectivity index (χ3v) is 3.02. The number of rotatable bonds is 2. The normalized spacial score (nSPS) is 19.4. The van der Waals surface area contributed by atoms with Gasteiger partial charge in [-0.25, -0.2) is 0 Å². The van der Waals surface area contributed by atoms with E-state index in [4.69, 9.17) is 5.11 Å². The molecule has 1 atom stereocenters. The summed E-state index contributed by atoms with van der Waals surface area (Å²) in [5.41, 5.74) is 1.82. The smallest absolute Gasteiger partial charge is 0.126 e. The van der Waals surface area contributed by atoms with Gasteiger partial charge in [-0.05, 0) is 37.0 Å². The summed E-state index contributed by atoms with van der Waals surface area (Å²) in [5.74, 6) is 0.359. The van der Waals surface area contributed by atoms with Gasteiger partial charge in [-0.3, -0.25) is 0 Å². The number of hydrogen-bond donors (Lipinski definition) is 3. The van der Waals surface area contributed by atoms with Crippen molar-refractivity contribution >= 4 is 5.57 Å². The van der Waals surface area contributed by atoms with E-state index < -0.39 is 0 Å². The maximum absolute atomic E-state index is 9.74. The molecule has 3 N–H and O–H groups in total. The van der Waals surface area contributed by atoms with Crippen LogP contribution < -0.4 is 0 Å². The van der Waals surface area contributed by atoms with Crippen molar-refractivity contribution in [2.24, 2.45) is 5.92 Å². The molecule has 1 aromatic carbocycles. The van der Waals surface area contributed by atoms with Crippen molar-refractivity contribution in [3.63, 3.8) is 0 Å².